The highest BCUT2D eigenvalue weighted by atomic mass is 35.5. The molecule has 1 atom stereocenters. The number of benzene rings is 4. The van der Waals surface area contributed by atoms with E-state index in [0.29, 0.717) is 22.6 Å². The number of halogens is 4. The molecule has 0 aliphatic heterocycles. The van der Waals surface area contributed by atoms with Gasteiger partial charge in [-0.3, -0.25) is 14.4 Å². The number of aryl methyl sites for hydroxylation is 1. The minimum absolute atomic E-state index is 0.0187. The van der Waals surface area contributed by atoms with Crippen LogP contribution in [0.25, 0.3) is 6.08 Å². The molecule has 232 valence electrons. The summed E-state index contributed by atoms with van der Waals surface area (Å²) in [5.41, 5.74) is 1.45. The third-order valence-corrected chi connectivity index (χ3v) is 8.15. The molecular formula is C34H29ClF3N3O3S. The van der Waals surface area contributed by atoms with Gasteiger partial charge >= 0.3 is 6.18 Å². The molecule has 0 aliphatic rings. The zero-order valence-electron chi connectivity index (χ0n) is 24.2. The van der Waals surface area contributed by atoms with Crippen molar-refractivity contribution >= 4 is 58.5 Å². The third kappa shape index (κ3) is 9.47. The third-order valence-electron chi connectivity index (χ3n) is 6.47. The van der Waals surface area contributed by atoms with Crippen LogP contribution in [0.2, 0.25) is 5.02 Å². The molecule has 4 aromatic carbocycles. The molecule has 0 spiro atoms. The average Bonchev–Trinajstić information content (AvgIpc) is 3.00. The van der Waals surface area contributed by atoms with Gasteiger partial charge in [-0.25, -0.2) is 0 Å². The van der Waals surface area contributed by atoms with E-state index in [2.05, 4.69) is 16.0 Å². The second kappa shape index (κ2) is 15.0. The molecule has 0 bridgehead atoms. The molecule has 3 N–H and O–H groups in total. The van der Waals surface area contributed by atoms with Gasteiger partial charge in [-0.15, -0.1) is 11.8 Å². The molecule has 0 saturated heterocycles. The fraction of sp³-hybridized carbons (Fsp3) is 0.147. The first kappa shape index (κ1) is 33.4. The Balaban J connectivity index is 1.50. The first-order chi connectivity index (χ1) is 21.4. The van der Waals surface area contributed by atoms with Crippen molar-refractivity contribution in [2.24, 2.45) is 0 Å². The maximum Gasteiger partial charge on any atom is 0.416 e. The average molecular weight is 652 g/mol. The van der Waals surface area contributed by atoms with Crippen LogP contribution in [0.3, 0.4) is 0 Å². The number of carbonyl (C=O) groups excluding carboxylic acids is 3. The number of nitrogens with one attached hydrogen (secondary N) is 3. The predicted octanol–water partition coefficient (Wildman–Crippen LogP) is 8.59. The van der Waals surface area contributed by atoms with Crippen molar-refractivity contribution in [3.63, 3.8) is 0 Å². The van der Waals surface area contributed by atoms with E-state index >= 15 is 0 Å². The Morgan fingerprint density at radius 2 is 1.62 bits per heavy atom. The Morgan fingerprint density at radius 1 is 0.889 bits per heavy atom. The van der Waals surface area contributed by atoms with E-state index in [-0.39, 0.29) is 16.4 Å². The van der Waals surface area contributed by atoms with E-state index in [0.717, 1.165) is 29.3 Å². The number of alkyl halides is 3. The summed E-state index contributed by atoms with van der Waals surface area (Å²) < 4.78 is 39.5. The van der Waals surface area contributed by atoms with Gasteiger partial charge in [-0.2, -0.15) is 13.2 Å². The summed E-state index contributed by atoms with van der Waals surface area (Å²) in [7, 11) is 0. The van der Waals surface area contributed by atoms with E-state index in [1.807, 2.05) is 31.2 Å². The molecule has 0 saturated carbocycles. The quantitative estimate of drug-likeness (QED) is 0.118. The molecule has 0 aromatic heterocycles. The number of anilines is 2. The highest BCUT2D eigenvalue weighted by molar-refractivity contribution is 8.00. The summed E-state index contributed by atoms with van der Waals surface area (Å²) in [4.78, 5) is 40.0. The van der Waals surface area contributed by atoms with Gasteiger partial charge in [0.2, 0.25) is 5.91 Å². The Bertz CT molecular complexity index is 1730. The number of thioether (sulfide) groups is 1. The topological polar surface area (TPSA) is 87.3 Å². The first-order valence-electron chi connectivity index (χ1n) is 13.8. The van der Waals surface area contributed by atoms with Crippen molar-refractivity contribution in [1.29, 1.82) is 0 Å². The van der Waals surface area contributed by atoms with Gasteiger partial charge < -0.3 is 16.0 Å². The largest absolute Gasteiger partial charge is 0.416 e. The van der Waals surface area contributed by atoms with Gasteiger partial charge in [-0.05, 0) is 73.5 Å². The normalized spacial score (nSPS) is 12.3. The van der Waals surface area contributed by atoms with Crippen molar-refractivity contribution < 1.29 is 27.6 Å². The van der Waals surface area contributed by atoms with Crippen LogP contribution < -0.4 is 16.0 Å². The van der Waals surface area contributed by atoms with Crippen LogP contribution in [-0.2, 0) is 15.8 Å². The summed E-state index contributed by atoms with van der Waals surface area (Å²) in [6.07, 6.45) is -2.65. The molecule has 0 radical (unpaired) electrons. The Morgan fingerprint density at radius 3 is 2.31 bits per heavy atom. The Kier molecular flexibility index (Phi) is 11.1. The maximum atomic E-state index is 13.4. The minimum atomic E-state index is -4.59. The van der Waals surface area contributed by atoms with Crippen molar-refractivity contribution in [2.75, 3.05) is 10.6 Å². The monoisotopic (exact) mass is 651 g/mol. The zero-order chi connectivity index (χ0) is 32.6. The fourth-order valence-electron chi connectivity index (χ4n) is 4.21. The van der Waals surface area contributed by atoms with E-state index in [9.17, 15) is 27.6 Å². The molecule has 4 rings (SSSR count). The van der Waals surface area contributed by atoms with Gasteiger partial charge in [-0.1, -0.05) is 72.6 Å². The fourth-order valence-corrected chi connectivity index (χ4v) is 5.39. The van der Waals surface area contributed by atoms with Crippen molar-refractivity contribution in [3.8, 4) is 0 Å². The van der Waals surface area contributed by atoms with Crippen molar-refractivity contribution in [3.05, 3.63) is 130 Å². The second-order valence-electron chi connectivity index (χ2n) is 9.97. The maximum absolute atomic E-state index is 13.4. The lowest BCUT2D eigenvalue weighted by Crippen LogP contribution is -2.30. The molecule has 6 nitrogen and oxygen atoms in total. The van der Waals surface area contributed by atoms with Crippen LogP contribution >= 0.6 is 23.4 Å². The highest BCUT2D eigenvalue weighted by Gasteiger charge is 2.31. The Labute approximate surface area is 268 Å². The second-order valence-corrected chi connectivity index (χ2v) is 11.7. The molecule has 0 fully saturated rings. The lowest BCUT2D eigenvalue weighted by atomic mass is 10.1. The molecule has 1 unspecified atom stereocenters. The van der Waals surface area contributed by atoms with E-state index in [1.165, 1.54) is 11.8 Å². The van der Waals surface area contributed by atoms with E-state index in [4.69, 9.17) is 11.6 Å². The highest BCUT2D eigenvalue weighted by Crippen LogP contribution is 2.35. The van der Waals surface area contributed by atoms with Crippen LogP contribution in [0.4, 0.5) is 24.5 Å². The molecule has 11 heteroatoms. The van der Waals surface area contributed by atoms with Crippen LogP contribution in [0.1, 0.15) is 40.4 Å². The molecule has 45 heavy (non-hydrogen) atoms. The number of amides is 3. The molecule has 4 aromatic rings. The lowest BCUT2D eigenvalue weighted by molar-refractivity contribution is -0.137. The SMILES string of the molecule is CCC(Sc1cccc(NC(=O)/C(=C\c2cccc(C)c2)NC(=O)c2ccccc2)c1)C(=O)Nc1cc(C(F)(F)F)ccc1Cl. The standard InChI is InChI=1S/C34H29ClF3N3O3S/c1-3-30(33(44)40-28-19-24(34(36,37)38)15-16-27(28)35)45-26-14-8-13-25(20-26)39-32(43)29(18-22-10-7-9-21(2)17-22)41-31(42)23-11-5-4-6-12-23/h4-20,30H,3H2,1-2H3,(H,39,43)(H,40,44)(H,41,42)/b29-18+. The predicted molar refractivity (Wildman–Crippen MR) is 173 cm³/mol. The Hall–Kier alpha value is -4.54. The van der Waals surface area contributed by atoms with Gasteiger partial charge in [0.05, 0.1) is 21.5 Å². The number of hydrogen-bond acceptors (Lipinski definition) is 4. The summed E-state index contributed by atoms with van der Waals surface area (Å²) in [6.45, 7) is 3.69. The molecule has 0 heterocycles. The van der Waals surface area contributed by atoms with Crippen molar-refractivity contribution in [1.82, 2.24) is 5.32 Å². The van der Waals surface area contributed by atoms with Gasteiger partial charge in [0.25, 0.3) is 11.8 Å². The molecule has 3 amide bonds. The van der Waals surface area contributed by atoms with E-state index in [1.54, 1.807) is 67.6 Å². The summed E-state index contributed by atoms with van der Waals surface area (Å²) in [5.74, 6) is -1.54. The lowest BCUT2D eigenvalue weighted by Gasteiger charge is -2.17. The smallest absolute Gasteiger partial charge is 0.324 e. The minimum Gasteiger partial charge on any atom is -0.324 e. The zero-order valence-corrected chi connectivity index (χ0v) is 25.8. The van der Waals surface area contributed by atoms with Crippen LogP contribution in [0, 0.1) is 6.92 Å². The number of rotatable bonds is 10. The molecular weight excluding hydrogens is 623 g/mol. The van der Waals surface area contributed by atoms with Gasteiger partial charge in [0, 0.05) is 16.1 Å². The van der Waals surface area contributed by atoms with Gasteiger partial charge in [0.15, 0.2) is 0 Å². The van der Waals surface area contributed by atoms with Crippen LogP contribution in [0.15, 0.2) is 108 Å². The molecule has 0 aliphatic carbocycles. The first-order valence-corrected chi connectivity index (χ1v) is 15.1. The van der Waals surface area contributed by atoms with Crippen LogP contribution in [0.5, 0.6) is 0 Å². The summed E-state index contributed by atoms with van der Waals surface area (Å²) >= 11 is 7.24. The summed E-state index contributed by atoms with van der Waals surface area (Å²) in [5, 5.41) is 7.32. The van der Waals surface area contributed by atoms with Crippen LogP contribution in [-0.4, -0.2) is 23.0 Å². The van der Waals surface area contributed by atoms with Gasteiger partial charge in [0.1, 0.15) is 5.70 Å². The number of hydrogen-bond donors (Lipinski definition) is 3. The summed E-state index contributed by atoms with van der Waals surface area (Å²) in [6, 6.07) is 25.5. The number of carbonyl (C=O) groups is 3. The van der Waals surface area contributed by atoms with Crippen molar-refractivity contribution in [2.45, 2.75) is 36.6 Å². The van der Waals surface area contributed by atoms with E-state index < -0.39 is 34.7 Å².